The molecule has 7 heteroatoms. The Morgan fingerprint density at radius 2 is 1.61 bits per heavy atom. The van der Waals surface area contributed by atoms with Gasteiger partial charge in [-0.05, 0) is 17.5 Å². The normalized spacial score (nSPS) is 20.1. The average molecular weight is 402 g/mol. The van der Waals surface area contributed by atoms with Crippen molar-refractivity contribution in [2.45, 2.75) is 18.4 Å². The molecule has 0 saturated carbocycles. The number of carbonyl (C=O) groups is 1. The van der Waals surface area contributed by atoms with Crippen LogP contribution in [0.2, 0.25) is 0 Å². The predicted molar refractivity (Wildman–Crippen MR) is 110 cm³/mol. The van der Waals surface area contributed by atoms with Crippen LogP contribution in [-0.4, -0.2) is 46.3 Å². The van der Waals surface area contributed by atoms with Crippen molar-refractivity contribution in [2.24, 2.45) is 5.92 Å². The molecular weight excluding hydrogens is 374 g/mol. The molecule has 0 spiro atoms. The highest BCUT2D eigenvalue weighted by atomic mass is 32.2. The van der Waals surface area contributed by atoms with Gasteiger partial charge >= 0.3 is 0 Å². The molecule has 0 bridgehead atoms. The topological polar surface area (TPSA) is 87.3 Å². The van der Waals surface area contributed by atoms with E-state index in [0.29, 0.717) is 26.1 Å². The molecule has 2 atom stereocenters. The maximum atomic E-state index is 12.7. The predicted octanol–water partition coefficient (Wildman–Crippen LogP) is 1.46. The number of rotatable bonds is 7. The number of piperidine rings is 1. The number of hydrogen-bond donors (Lipinski definition) is 3. The Kier molecular flexibility index (Phi) is 6.83. The molecule has 1 amide bonds. The zero-order valence-electron chi connectivity index (χ0n) is 16.0. The first-order chi connectivity index (χ1) is 13.4. The second kappa shape index (κ2) is 9.32. The Morgan fingerprint density at radius 3 is 2.14 bits per heavy atom. The van der Waals surface area contributed by atoms with Crippen LogP contribution in [0.5, 0.6) is 0 Å². The van der Waals surface area contributed by atoms with E-state index in [1.807, 2.05) is 36.4 Å². The molecule has 6 nitrogen and oxygen atoms in total. The van der Waals surface area contributed by atoms with Crippen LogP contribution in [0.15, 0.2) is 60.7 Å². The summed E-state index contributed by atoms with van der Waals surface area (Å²) in [6.45, 7) is 1.58. The molecule has 3 N–H and O–H groups in total. The smallest absolute Gasteiger partial charge is 0.224 e. The van der Waals surface area contributed by atoms with E-state index in [1.54, 1.807) is 0 Å². The van der Waals surface area contributed by atoms with Crippen LogP contribution < -0.4 is 15.4 Å². The van der Waals surface area contributed by atoms with Crippen molar-refractivity contribution < 1.29 is 13.2 Å². The van der Waals surface area contributed by atoms with Crippen LogP contribution >= 0.6 is 0 Å². The molecular formula is C21H27N3O3S. The Hall–Kier alpha value is -2.22. The minimum atomic E-state index is -3.29. The summed E-state index contributed by atoms with van der Waals surface area (Å²) in [7, 11) is -3.29. The third kappa shape index (κ3) is 5.89. The quantitative estimate of drug-likeness (QED) is 0.656. The summed E-state index contributed by atoms with van der Waals surface area (Å²) in [6, 6.07) is 20.0. The SMILES string of the molecule is CS(=O)(=O)N[C@H]1CNC[C@@H](C(=O)NCC(c2ccccc2)c2ccccc2)C1. The molecule has 0 radical (unpaired) electrons. The minimum Gasteiger partial charge on any atom is -0.355 e. The Morgan fingerprint density at radius 1 is 1.04 bits per heavy atom. The van der Waals surface area contributed by atoms with E-state index in [4.69, 9.17) is 0 Å². The molecule has 1 aliphatic rings. The summed E-state index contributed by atoms with van der Waals surface area (Å²) in [5.74, 6) is -0.252. The van der Waals surface area contributed by atoms with Crippen LogP contribution in [0.25, 0.3) is 0 Å². The van der Waals surface area contributed by atoms with Crippen molar-refractivity contribution in [1.29, 1.82) is 0 Å². The first-order valence-electron chi connectivity index (χ1n) is 9.48. The molecule has 3 rings (SSSR count). The van der Waals surface area contributed by atoms with Crippen molar-refractivity contribution in [1.82, 2.24) is 15.4 Å². The lowest BCUT2D eigenvalue weighted by Crippen LogP contribution is -2.52. The van der Waals surface area contributed by atoms with E-state index < -0.39 is 10.0 Å². The molecule has 150 valence electrons. The molecule has 0 aromatic heterocycles. The third-order valence-electron chi connectivity index (χ3n) is 4.99. The van der Waals surface area contributed by atoms with E-state index in [-0.39, 0.29) is 23.8 Å². The third-order valence-corrected chi connectivity index (χ3v) is 5.75. The molecule has 1 aliphatic heterocycles. The summed E-state index contributed by atoms with van der Waals surface area (Å²) in [6.07, 6.45) is 1.63. The zero-order chi connectivity index (χ0) is 20.0. The molecule has 2 aromatic rings. The van der Waals surface area contributed by atoms with E-state index in [9.17, 15) is 13.2 Å². The summed E-state index contributed by atoms with van der Waals surface area (Å²) in [4.78, 5) is 12.7. The van der Waals surface area contributed by atoms with Crippen molar-refractivity contribution in [3.63, 3.8) is 0 Å². The highest BCUT2D eigenvalue weighted by Gasteiger charge is 2.29. The van der Waals surface area contributed by atoms with Crippen molar-refractivity contribution in [2.75, 3.05) is 25.9 Å². The van der Waals surface area contributed by atoms with E-state index in [0.717, 1.165) is 17.4 Å². The maximum absolute atomic E-state index is 12.7. The lowest BCUT2D eigenvalue weighted by atomic mass is 9.90. The van der Waals surface area contributed by atoms with Crippen LogP contribution in [0.4, 0.5) is 0 Å². The number of carbonyl (C=O) groups excluding carboxylic acids is 1. The molecule has 0 unspecified atom stereocenters. The molecule has 1 heterocycles. The van der Waals surface area contributed by atoms with Gasteiger partial charge in [0, 0.05) is 31.6 Å². The van der Waals surface area contributed by atoms with Gasteiger partial charge in [-0.25, -0.2) is 13.1 Å². The van der Waals surface area contributed by atoms with Gasteiger partial charge in [0.15, 0.2) is 0 Å². The second-order valence-electron chi connectivity index (χ2n) is 7.30. The van der Waals surface area contributed by atoms with Gasteiger partial charge in [0.1, 0.15) is 0 Å². The fourth-order valence-electron chi connectivity index (χ4n) is 3.68. The van der Waals surface area contributed by atoms with Gasteiger partial charge in [-0.2, -0.15) is 0 Å². The van der Waals surface area contributed by atoms with Crippen LogP contribution in [0, 0.1) is 5.92 Å². The number of benzene rings is 2. The largest absolute Gasteiger partial charge is 0.355 e. The molecule has 28 heavy (non-hydrogen) atoms. The van der Waals surface area contributed by atoms with Crippen LogP contribution in [0.3, 0.4) is 0 Å². The van der Waals surface area contributed by atoms with E-state index in [2.05, 4.69) is 39.6 Å². The zero-order valence-corrected chi connectivity index (χ0v) is 16.8. The Balaban J connectivity index is 1.65. The van der Waals surface area contributed by atoms with Gasteiger partial charge in [0.2, 0.25) is 15.9 Å². The molecule has 0 aliphatic carbocycles. The van der Waals surface area contributed by atoms with Crippen LogP contribution in [-0.2, 0) is 14.8 Å². The van der Waals surface area contributed by atoms with E-state index in [1.165, 1.54) is 0 Å². The van der Waals surface area contributed by atoms with Gasteiger partial charge < -0.3 is 10.6 Å². The summed E-state index contributed by atoms with van der Waals surface area (Å²) in [5.41, 5.74) is 2.29. The van der Waals surface area contributed by atoms with E-state index >= 15 is 0 Å². The lowest BCUT2D eigenvalue weighted by molar-refractivity contribution is -0.125. The van der Waals surface area contributed by atoms with Crippen molar-refractivity contribution in [3.05, 3.63) is 71.8 Å². The van der Waals surface area contributed by atoms with Gasteiger partial charge in [-0.1, -0.05) is 60.7 Å². The number of amides is 1. The average Bonchev–Trinajstić information content (AvgIpc) is 2.68. The summed E-state index contributed by atoms with van der Waals surface area (Å²) < 4.78 is 25.5. The molecule has 2 aromatic carbocycles. The minimum absolute atomic E-state index is 0.0515. The standard InChI is InChI=1S/C21H27N3O3S/c1-28(26,27)24-19-12-18(13-22-14-19)21(25)23-15-20(16-8-4-2-5-9-16)17-10-6-3-7-11-17/h2-11,18-20,22,24H,12-15H2,1H3,(H,23,25)/t18-,19+/m0/s1. The molecule has 1 fully saturated rings. The highest BCUT2D eigenvalue weighted by Crippen LogP contribution is 2.24. The maximum Gasteiger partial charge on any atom is 0.224 e. The fourth-order valence-corrected chi connectivity index (χ4v) is 4.47. The summed E-state index contributed by atoms with van der Waals surface area (Å²) in [5, 5.41) is 6.23. The van der Waals surface area contributed by atoms with Crippen LogP contribution in [0.1, 0.15) is 23.5 Å². The first kappa shape index (κ1) is 20.5. The highest BCUT2D eigenvalue weighted by molar-refractivity contribution is 7.88. The number of nitrogens with one attached hydrogen (secondary N) is 3. The first-order valence-corrected chi connectivity index (χ1v) is 11.4. The van der Waals surface area contributed by atoms with Crippen molar-refractivity contribution in [3.8, 4) is 0 Å². The van der Waals surface area contributed by atoms with Crippen molar-refractivity contribution >= 4 is 15.9 Å². The van der Waals surface area contributed by atoms with Gasteiger partial charge in [-0.15, -0.1) is 0 Å². The van der Waals surface area contributed by atoms with Gasteiger partial charge in [0.25, 0.3) is 0 Å². The summed E-state index contributed by atoms with van der Waals surface area (Å²) >= 11 is 0. The number of hydrogen-bond acceptors (Lipinski definition) is 4. The van der Waals surface area contributed by atoms with Gasteiger partial charge in [-0.3, -0.25) is 4.79 Å². The Bertz CT molecular complexity index is 833. The lowest BCUT2D eigenvalue weighted by Gasteiger charge is -2.30. The monoisotopic (exact) mass is 401 g/mol. The number of sulfonamides is 1. The second-order valence-corrected chi connectivity index (χ2v) is 9.08. The Labute approximate surface area is 166 Å². The fraction of sp³-hybridized carbons (Fsp3) is 0.381. The van der Waals surface area contributed by atoms with Gasteiger partial charge in [0.05, 0.1) is 12.2 Å². The molecule has 1 saturated heterocycles.